The van der Waals surface area contributed by atoms with Gasteiger partial charge < -0.3 is 14.8 Å². The monoisotopic (exact) mass is 307 g/mol. The summed E-state index contributed by atoms with van der Waals surface area (Å²) < 4.78 is 0. The van der Waals surface area contributed by atoms with Crippen LogP contribution in [0, 0.1) is 6.92 Å². The molecule has 0 atom stereocenters. The van der Waals surface area contributed by atoms with Gasteiger partial charge in [0.15, 0.2) is 0 Å². The van der Waals surface area contributed by atoms with Crippen LogP contribution < -0.4 is 4.90 Å². The third-order valence-electron chi connectivity index (χ3n) is 4.60. The van der Waals surface area contributed by atoms with Gasteiger partial charge in [-0.05, 0) is 26.1 Å². The van der Waals surface area contributed by atoms with E-state index in [9.17, 15) is 0 Å². The number of aromatic nitrogens is 3. The zero-order valence-electron chi connectivity index (χ0n) is 13.6. The maximum atomic E-state index is 4.90. The van der Waals surface area contributed by atoms with Crippen LogP contribution in [-0.4, -0.2) is 53.1 Å². The zero-order chi connectivity index (χ0) is 15.8. The fourth-order valence-corrected chi connectivity index (χ4v) is 3.17. The number of likely N-dealkylation sites (N-methyl/N-ethyl adjacent to an activating group) is 1. The Bertz CT molecular complexity index is 830. The molecule has 4 rings (SSSR count). The lowest BCUT2D eigenvalue weighted by Crippen LogP contribution is -2.44. The van der Waals surface area contributed by atoms with Gasteiger partial charge in [0.25, 0.3) is 0 Å². The maximum Gasteiger partial charge on any atom is 0.203 e. The molecular weight excluding hydrogens is 286 g/mol. The van der Waals surface area contributed by atoms with Gasteiger partial charge in [-0.3, -0.25) is 4.98 Å². The molecule has 5 nitrogen and oxygen atoms in total. The van der Waals surface area contributed by atoms with Crippen molar-refractivity contribution in [1.29, 1.82) is 0 Å². The molecule has 1 saturated heterocycles. The van der Waals surface area contributed by atoms with Crippen LogP contribution in [0.25, 0.3) is 22.2 Å². The number of para-hydroxylation sites is 1. The van der Waals surface area contributed by atoms with Gasteiger partial charge >= 0.3 is 0 Å². The molecule has 0 amide bonds. The Morgan fingerprint density at radius 1 is 1.00 bits per heavy atom. The quantitative estimate of drug-likeness (QED) is 0.791. The third-order valence-corrected chi connectivity index (χ3v) is 4.60. The number of anilines is 1. The number of nitrogens with zero attached hydrogens (tertiary/aromatic N) is 4. The van der Waals surface area contributed by atoms with E-state index in [0.717, 1.165) is 60.0 Å². The van der Waals surface area contributed by atoms with Crippen molar-refractivity contribution in [3.63, 3.8) is 0 Å². The molecule has 1 aromatic carbocycles. The number of nitrogens with one attached hydrogen (secondary N) is 1. The van der Waals surface area contributed by atoms with E-state index in [0.29, 0.717) is 0 Å². The first-order valence-electron chi connectivity index (χ1n) is 8.06. The highest BCUT2D eigenvalue weighted by Gasteiger charge is 2.18. The molecule has 0 spiro atoms. The molecule has 0 aliphatic carbocycles. The highest BCUT2D eigenvalue weighted by molar-refractivity contribution is 5.93. The van der Waals surface area contributed by atoms with Crippen molar-refractivity contribution in [2.45, 2.75) is 6.92 Å². The molecule has 2 aromatic heterocycles. The van der Waals surface area contributed by atoms with Gasteiger partial charge in [-0.15, -0.1) is 0 Å². The largest absolute Gasteiger partial charge is 0.340 e. The highest BCUT2D eigenvalue weighted by atomic mass is 15.3. The molecule has 118 valence electrons. The van der Waals surface area contributed by atoms with Crippen LogP contribution >= 0.6 is 0 Å². The molecule has 1 aliphatic heterocycles. The van der Waals surface area contributed by atoms with E-state index in [-0.39, 0.29) is 0 Å². The van der Waals surface area contributed by atoms with Crippen LogP contribution in [0.4, 0.5) is 5.95 Å². The molecule has 3 heterocycles. The molecule has 1 N–H and O–H groups in total. The number of aromatic amines is 1. The summed E-state index contributed by atoms with van der Waals surface area (Å²) >= 11 is 0. The summed E-state index contributed by atoms with van der Waals surface area (Å²) in [6.07, 6.45) is 1.83. The van der Waals surface area contributed by atoms with Crippen molar-refractivity contribution in [2.75, 3.05) is 38.1 Å². The second-order valence-corrected chi connectivity index (χ2v) is 6.19. The van der Waals surface area contributed by atoms with Crippen molar-refractivity contribution >= 4 is 17.0 Å². The number of piperazine rings is 1. The number of fused-ring (bicyclic) bond motifs is 1. The van der Waals surface area contributed by atoms with E-state index in [1.54, 1.807) is 0 Å². The molecule has 0 radical (unpaired) electrons. The van der Waals surface area contributed by atoms with E-state index in [4.69, 9.17) is 4.98 Å². The molecule has 0 saturated carbocycles. The van der Waals surface area contributed by atoms with E-state index in [2.05, 4.69) is 51.1 Å². The molecule has 5 heteroatoms. The number of pyridine rings is 1. The van der Waals surface area contributed by atoms with Crippen molar-refractivity contribution < 1.29 is 0 Å². The Kier molecular flexibility index (Phi) is 3.50. The summed E-state index contributed by atoms with van der Waals surface area (Å²) in [5.74, 6) is 0.974. The molecular formula is C18H21N5. The Labute approximate surface area is 136 Å². The van der Waals surface area contributed by atoms with Crippen molar-refractivity contribution in [2.24, 2.45) is 0 Å². The second-order valence-electron chi connectivity index (χ2n) is 6.19. The number of hydrogen-bond acceptors (Lipinski definition) is 4. The van der Waals surface area contributed by atoms with E-state index < -0.39 is 0 Å². The summed E-state index contributed by atoms with van der Waals surface area (Å²) in [7, 11) is 2.17. The Morgan fingerprint density at radius 2 is 1.78 bits per heavy atom. The molecule has 1 fully saturated rings. The van der Waals surface area contributed by atoms with Crippen molar-refractivity contribution in [1.82, 2.24) is 19.9 Å². The summed E-state index contributed by atoms with van der Waals surface area (Å²) in [6.45, 7) is 6.22. The van der Waals surface area contributed by atoms with E-state index in [1.165, 1.54) is 0 Å². The average molecular weight is 307 g/mol. The number of benzene rings is 1. The summed E-state index contributed by atoms with van der Waals surface area (Å²) in [5, 5.41) is 0. The zero-order valence-corrected chi connectivity index (χ0v) is 13.6. The fraction of sp³-hybridized carbons (Fsp3) is 0.333. The maximum absolute atomic E-state index is 4.90. The smallest absolute Gasteiger partial charge is 0.203 e. The lowest BCUT2D eigenvalue weighted by Gasteiger charge is -2.32. The minimum Gasteiger partial charge on any atom is -0.340 e. The predicted molar refractivity (Wildman–Crippen MR) is 93.8 cm³/mol. The topological polar surface area (TPSA) is 48.1 Å². The van der Waals surface area contributed by atoms with E-state index in [1.807, 2.05) is 19.2 Å². The molecule has 0 bridgehead atoms. The lowest BCUT2D eigenvalue weighted by molar-refractivity contribution is 0.311. The summed E-state index contributed by atoms with van der Waals surface area (Å²) in [4.78, 5) is 17.5. The normalized spacial score (nSPS) is 16.2. The van der Waals surface area contributed by atoms with Gasteiger partial charge in [0.2, 0.25) is 5.95 Å². The number of rotatable bonds is 2. The average Bonchev–Trinajstić information content (AvgIpc) is 3.00. The van der Waals surface area contributed by atoms with E-state index >= 15 is 0 Å². The van der Waals surface area contributed by atoms with Gasteiger partial charge in [-0.2, -0.15) is 0 Å². The predicted octanol–water partition coefficient (Wildman–Crippen LogP) is 2.69. The number of aryl methyl sites for hydroxylation is 1. The Balaban J connectivity index is 1.78. The van der Waals surface area contributed by atoms with Gasteiger partial charge in [0.1, 0.15) is 0 Å². The Hall–Kier alpha value is -2.40. The molecule has 1 aliphatic rings. The first-order valence-corrected chi connectivity index (χ1v) is 8.06. The van der Waals surface area contributed by atoms with Crippen LogP contribution in [-0.2, 0) is 0 Å². The van der Waals surface area contributed by atoms with Crippen molar-refractivity contribution in [3.8, 4) is 11.1 Å². The minimum atomic E-state index is 0.974. The van der Waals surface area contributed by atoms with Crippen LogP contribution in [0.1, 0.15) is 5.69 Å². The number of imidazole rings is 1. The Morgan fingerprint density at radius 3 is 2.57 bits per heavy atom. The molecule has 3 aromatic rings. The first kappa shape index (κ1) is 14.2. The van der Waals surface area contributed by atoms with Crippen LogP contribution in [0.2, 0.25) is 0 Å². The number of hydrogen-bond donors (Lipinski definition) is 1. The minimum absolute atomic E-state index is 0.974. The lowest BCUT2D eigenvalue weighted by atomic mass is 10.0. The summed E-state index contributed by atoms with van der Waals surface area (Å²) in [5.41, 5.74) is 5.43. The van der Waals surface area contributed by atoms with Crippen LogP contribution in [0.15, 0.2) is 36.5 Å². The van der Waals surface area contributed by atoms with Crippen LogP contribution in [0.3, 0.4) is 0 Å². The molecule has 0 unspecified atom stereocenters. The SMILES string of the molecule is Cc1ncccc1-c1cccc2[nH]c(N3CCN(C)CC3)nc12. The van der Waals surface area contributed by atoms with Gasteiger partial charge in [-0.1, -0.05) is 18.2 Å². The van der Waals surface area contributed by atoms with Crippen molar-refractivity contribution in [3.05, 3.63) is 42.2 Å². The third kappa shape index (κ3) is 2.57. The van der Waals surface area contributed by atoms with Crippen LogP contribution in [0.5, 0.6) is 0 Å². The second kappa shape index (κ2) is 5.66. The first-order chi connectivity index (χ1) is 11.2. The van der Waals surface area contributed by atoms with Gasteiger partial charge in [0, 0.05) is 49.2 Å². The van der Waals surface area contributed by atoms with Gasteiger partial charge in [-0.25, -0.2) is 4.98 Å². The summed E-state index contributed by atoms with van der Waals surface area (Å²) in [6, 6.07) is 10.4. The highest BCUT2D eigenvalue weighted by Crippen LogP contribution is 2.30. The standard InChI is InChI=1S/C18H21N5/c1-13-14(6-4-8-19-13)15-5-3-7-16-17(15)21-18(20-16)23-11-9-22(2)10-12-23/h3-8H,9-12H2,1-2H3,(H,20,21). The number of H-pyrrole nitrogens is 1. The fourth-order valence-electron chi connectivity index (χ4n) is 3.17. The van der Waals surface area contributed by atoms with Gasteiger partial charge in [0.05, 0.1) is 11.0 Å². The molecule has 23 heavy (non-hydrogen) atoms.